The number of imidazole rings is 1. The van der Waals surface area contributed by atoms with Gasteiger partial charge in [0.25, 0.3) is 0 Å². The second-order valence-electron chi connectivity index (χ2n) is 4.80. The SMILES string of the molecule is O=C(Cn1cnc(-c2ccc(Cl)cc2)c1Br)Nc1ccncc1. The maximum atomic E-state index is 12.1. The Labute approximate surface area is 146 Å². The molecule has 1 aromatic carbocycles. The van der Waals surface area contributed by atoms with E-state index in [4.69, 9.17) is 11.6 Å². The molecule has 0 fully saturated rings. The first kappa shape index (κ1) is 15.7. The smallest absolute Gasteiger partial charge is 0.244 e. The van der Waals surface area contributed by atoms with Crippen LogP contribution in [-0.4, -0.2) is 20.4 Å². The molecule has 23 heavy (non-hydrogen) atoms. The van der Waals surface area contributed by atoms with Crippen LogP contribution in [0.4, 0.5) is 5.69 Å². The van der Waals surface area contributed by atoms with Gasteiger partial charge in [-0.3, -0.25) is 9.78 Å². The van der Waals surface area contributed by atoms with Gasteiger partial charge >= 0.3 is 0 Å². The Kier molecular flexibility index (Phi) is 4.73. The Morgan fingerprint density at radius 2 is 1.87 bits per heavy atom. The van der Waals surface area contributed by atoms with Crippen molar-refractivity contribution in [1.82, 2.24) is 14.5 Å². The Bertz CT molecular complexity index is 818. The molecule has 1 N–H and O–H groups in total. The molecule has 5 nitrogen and oxygen atoms in total. The van der Waals surface area contributed by atoms with Crippen LogP contribution in [0.3, 0.4) is 0 Å². The zero-order chi connectivity index (χ0) is 16.2. The topological polar surface area (TPSA) is 59.8 Å². The number of rotatable bonds is 4. The third-order valence-electron chi connectivity index (χ3n) is 3.17. The summed E-state index contributed by atoms with van der Waals surface area (Å²) in [5.74, 6) is -0.142. The van der Waals surface area contributed by atoms with Gasteiger partial charge in [0.1, 0.15) is 16.8 Å². The Balaban J connectivity index is 1.74. The van der Waals surface area contributed by atoms with E-state index in [2.05, 4.69) is 31.2 Å². The number of carbonyl (C=O) groups is 1. The van der Waals surface area contributed by atoms with Gasteiger partial charge in [0.05, 0.1) is 6.33 Å². The molecule has 0 saturated carbocycles. The number of halogens is 2. The number of nitrogens with one attached hydrogen (secondary N) is 1. The third kappa shape index (κ3) is 3.78. The minimum Gasteiger partial charge on any atom is -0.324 e. The van der Waals surface area contributed by atoms with Gasteiger partial charge in [-0.1, -0.05) is 23.7 Å². The summed E-state index contributed by atoms with van der Waals surface area (Å²) in [5.41, 5.74) is 2.40. The first-order valence-corrected chi connectivity index (χ1v) is 7.97. The molecule has 0 unspecified atom stereocenters. The molecule has 0 radical (unpaired) electrons. The number of aromatic nitrogens is 3. The lowest BCUT2D eigenvalue weighted by Crippen LogP contribution is -2.18. The minimum atomic E-state index is -0.142. The number of pyridine rings is 1. The highest BCUT2D eigenvalue weighted by molar-refractivity contribution is 9.10. The van der Waals surface area contributed by atoms with Crippen LogP contribution >= 0.6 is 27.5 Å². The number of benzene rings is 1. The van der Waals surface area contributed by atoms with E-state index in [0.29, 0.717) is 10.7 Å². The summed E-state index contributed by atoms with van der Waals surface area (Å²) < 4.78 is 2.48. The van der Waals surface area contributed by atoms with Crippen molar-refractivity contribution in [3.05, 3.63) is 64.7 Å². The number of anilines is 1. The highest BCUT2D eigenvalue weighted by Crippen LogP contribution is 2.27. The fraction of sp³-hybridized carbons (Fsp3) is 0.0625. The molecular weight excluding hydrogens is 380 g/mol. The zero-order valence-electron chi connectivity index (χ0n) is 11.9. The standard InChI is InChI=1S/C16H12BrClN4O/c17-16-15(11-1-3-12(18)4-2-11)20-10-22(16)9-14(23)21-13-5-7-19-8-6-13/h1-8,10H,9H2,(H,19,21,23). The Morgan fingerprint density at radius 3 is 2.57 bits per heavy atom. The predicted octanol–water partition coefficient (Wildman–Crippen LogP) is 4.00. The Morgan fingerprint density at radius 1 is 1.17 bits per heavy atom. The molecule has 2 aromatic heterocycles. The molecule has 0 spiro atoms. The lowest BCUT2D eigenvalue weighted by molar-refractivity contribution is -0.116. The van der Waals surface area contributed by atoms with Crippen molar-refractivity contribution in [2.75, 3.05) is 5.32 Å². The fourth-order valence-corrected chi connectivity index (χ4v) is 2.74. The van der Waals surface area contributed by atoms with Crippen LogP contribution < -0.4 is 5.32 Å². The van der Waals surface area contributed by atoms with Gasteiger partial charge in [-0.15, -0.1) is 0 Å². The number of amides is 1. The first-order chi connectivity index (χ1) is 11.1. The highest BCUT2D eigenvalue weighted by atomic mass is 79.9. The first-order valence-electron chi connectivity index (χ1n) is 6.80. The molecule has 2 heterocycles. The molecule has 0 saturated heterocycles. The van der Waals surface area contributed by atoms with Gasteiger partial charge in [0.15, 0.2) is 0 Å². The molecule has 0 atom stereocenters. The molecule has 1 amide bonds. The van der Waals surface area contributed by atoms with Crippen molar-refractivity contribution in [2.45, 2.75) is 6.54 Å². The summed E-state index contributed by atoms with van der Waals surface area (Å²) in [6, 6.07) is 10.9. The molecular formula is C16H12BrClN4O. The van der Waals surface area contributed by atoms with E-state index in [1.807, 2.05) is 12.1 Å². The lowest BCUT2D eigenvalue weighted by Gasteiger charge is -2.07. The molecule has 0 aliphatic heterocycles. The van der Waals surface area contributed by atoms with Crippen LogP contribution in [-0.2, 0) is 11.3 Å². The van der Waals surface area contributed by atoms with E-state index in [1.54, 1.807) is 47.6 Å². The van der Waals surface area contributed by atoms with Crippen LogP contribution in [0, 0.1) is 0 Å². The van der Waals surface area contributed by atoms with Gasteiger partial charge in [0, 0.05) is 28.7 Å². The number of carbonyl (C=O) groups excluding carboxylic acids is 1. The van der Waals surface area contributed by atoms with Gasteiger partial charge in [0.2, 0.25) is 5.91 Å². The van der Waals surface area contributed by atoms with Crippen LogP contribution in [0.2, 0.25) is 5.02 Å². The molecule has 7 heteroatoms. The molecule has 0 bridgehead atoms. The number of hydrogen-bond acceptors (Lipinski definition) is 3. The van der Waals surface area contributed by atoms with Crippen molar-refractivity contribution in [2.24, 2.45) is 0 Å². The second-order valence-corrected chi connectivity index (χ2v) is 5.99. The van der Waals surface area contributed by atoms with E-state index in [9.17, 15) is 4.79 Å². The molecule has 3 rings (SSSR count). The molecule has 3 aromatic rings. The van der Waals surface area contributed by atoms with Crippen molar-refractivity contribution in [3.63, 3.8) is 0 Å². The Hall–Kier alpha value is -2.18. The normalized spacial score (nSPS) is 10.5. The van der Waals surface area contributed by atoms with E-state index >= 15 is 0 Å². The van der Waals surface area contributed by atoms with Gasteiger partial charge in [-0.2, -0.15) is 0 Å². The van der Waals surface area contributed by atoms with Gasteiger partial charge in [-0.25, -0.2) is 4.98 Å². The van der Waals surface area contributed by atoms with Crippen molar-refractivity contribution >= 4 is 39.1 Å². The average Bonchev–Trinajstić information content (AvgIpc) is 2.90. The van der Waals surface area contributed by atoms with E-state index in [0.717, 1.165) is 15.9 Å². The zero-order valence-corrected chi connectivity index (χ0v) is 14.3. The van der Waals surface area contributed by atoms with Crippen LogP contribution in [0.5, 0.6) is 0 Å². The van der Waals surface area contributed by atoms with Gasteiger partial charge < -0.3 is 9.88 Å². The minimum absolute atomic E-state index is 0.142. The molecule has 0 aliphatic rings. The highest BCUT2D eigenvalue weighted by Gasteiger charge is 2.13. The van der Waals surface area contributed by atoms with Crippen LogP contribution in [0.25, 0.3) is 11.3 Å². The van der Waals surface area contributed by atoms with E-state index in [1.165, 1.54) is 0 Å². The maximum Gasteiger partial charge on any atom is 0.244 e. The summed E-state index contributed by atoms with van der Waals surface area (Å²) in [6.07, 6.45) is 4.88. The molecule has 0 aliphatic carbocycles. The second kappa shape index (κ2) is 6.93. The summed E-state index contributed by atoms with van der Waals surface area (Å²) >= 11 is 9.39. The van der Waals surface area contributed by atoms with Crippen LogP contribution in [0.15, 0.2) is 59.7 Å². The fourth-order valence-electron chi connectivity index (χ4n) is 2.07. The summed E-state index contributed by atoms with van der Waals surface area (Å²) in [6.45, 7) is 0.156. The van der Waals surface area contributed by atoms with Crippen molar-refractivity contribution in [1.29, 1.82) is 0 Å². The monoisotopic (exact) mass is 390 g/mol. The molecule has 116 valence electrons. The average molecular weight is 392 g/mol. The maximum absolute atomic E-state index is 12.1. The van der Waals surface area contributed by atoms with Crippen molar-refractivity contribution < 1.29 is 4.79 Å². The third-order valence-corrected chi connectivity index (χ3v) is 4.25. The van der Waals surface area contributed by atoms with Crippen LogP contribution in [0.1, 0.15) is 0 Å². The predicted molar refractivity (Wildman–Crippen MR) is 93.2 cm³/mol. The van der Waals surface area contributed by atoms with E-state index < -0.39 is 0 Å². The lowest BCUT2D eigenvalue weighted by atomic mass is 10.2. The summed E-state index contributed by atoms with van der Waals surface area (Å²) in [4.78, 5) is 20.4. The quantitative estimate of drug-likeness (QED) is 0.731. The summed E-state index contributed by atoms with van der Waals surface area (Å²) in [7, 11) is 0. The van der Waals surface area contributed by atoms with Gasteiger partial charge in [-0.05, 0) is 40.2 Å². The number of hydrogen-bond donors (Lipinski definition) is 1. The number of nitrogens with zero attached hydrogens (tertiary/aromatic N) is 3. The largest absolute Gasteiger partial charge is 0.324 e. The summed E-state index contributed by atoms with van der Waals surface area (Å²) in [5, 5.41) is 3.48. The van der Waals surface area contributed by atoms with Crippen molar-refractivity contribution in [3.8, 4) is 11.3 Å². The van der Waals surface area contributed by atoms with E-state index in [-0.39, 0.29) is 12.5 Å².